The maximum Gasteiger partial charge on any atom is -0.0381 e. The molecule has 0 radical (unpaired) electrons. The summed E-state index contributed by atoms with van der Waals surface area (Å²) in [5.41, 5.74) is 0. The van der Waals surface area contributed by atoms with Crippen LogP contribution >= 0.6 is 0 Å². The number of hydrogen-bond acceptors (Lipinski definition) is 0. The number of hydrogen-bond donors (Lipinski definition) is 0. The molecule has 1 fully saturated rings. The summed E-state index contributed by atoms with van der Waals surface area (Å²) in [6, 6.07) is 0. The standard InChI is InChI=1S/C13H26/c1-5-10(3)7-13-9-11(4)8-12(13)6-2/h10-13H,5-9H2,1-4H3/t10?,11-,12?,13?/m1/s1. The fraction of sp³-hybridized carbons (Fsp3) is 1.00. The molecule has 0 N–H and O–H groups in total. The Bertz CT molecular complexity index is 139. The van der Waals surface area contributed by atoms with Gasteiger partial charge in [-0.15, -0.1) is 0 Å². The van der Waals surface area contributed by atoms with Crippen LogP contribution in [0.25, 0.3) is 0 Å². The van der Waals surface area contributed by atoms with Gasteiger partial charge in [-0.25, -0.2) is 0 Å². The highest BCUT2D eigenvalue weighted by Gasteiger charge is 2.30. The quantitative estimate of drug-likeness (QED) is 0.600. The summed E-state index contributed by atoms with van der Waals surface area (Å²) in [5, 5.41) is 0. The monoisotopic (exact) mass is 182 g/mol. The third kappa shape index (κ3) is 3.00. The van der Waals surface area contributed by atoms with E-state index in [4.69, 9.17) is 0 Å². The summed E-state index contributed by atoms with van der Waals surface area (Å²) in [5.74, 6) is 4.04. The van der Waals surface area contributed by atoms with Gasteiger partial charge in [0, 0.05) is 0 Å². The van der Waals surface area contributed by atoms with Crippen LogP contribution in [0.3, 0.4) is 0 Å². The van der Waals surface area contributed by atoms with Crippen molar-refractivity contribution in [2.45, 2.75) is 59.8 Å². The molecule has 3 unspecified atom stereocenters. The van der Waals surface area contributed by atoms with E-state index in [9.17, 15) is 0 Å². The van der Waals surface area contributed by atoms with Crippen LogP contribution in [-0.2, 0) is 0 Å². The summed E-state index contributed by atoms with van der Waals surface area (Å²) in [7, 11) is 0. The Morgan fingerprint density at radius 2 is 1.77 bits per heavy atom. The predicted molar refractivity (Wildman–Crippen MR) is 59.7 cm³/mol. The highest BCUT2D eigenvalue weighted by atomic mass is 14.4. The molecule has 1 rings (SSSR count). The Morgan fingerprint density at radius 1 is 1.15 bits per heavy atom. The lowest BCUT2D eigenvalue weighted by atomic mass is 9.85. The Morgan fingerprint density at radius 3 is 2.31 bits per heavy atom. The first kappa shape index (κ1) is 11.1. The van der Waals surface area contributed by atoms with E-state index in [0.717, 1.165) is 23.7 Å². The van der Waals surface area contributed by atoms with Crippen LogP contribution in [0.2, 0.25) is 0 Å². The topological polar surface area (TPSA) is 0 Å². The largest absolute Gasteiger partial charge is 0.0651 e. The zero-order chi connectivity index (χ0) is 9.84. The van der Waals surface area contributed by atoms with Crippen molar-refractivity contribution in [3.05, 3.63) is 0 Å². The van der Waals surface area contributed by atoms with E-state index < -0.39 is 0 Å². The van der Waals surface area contributed by atoms with Gasteiger partial charge in [0.2, 0.25) is 0 Å². The van der Waals surface area contributed by atoms with Crippen LogP contribution < -0.4 is 0 Å². The van der Waals surface area contributed by atoms with E-state index in [-0.39, 0.29) is 0 Å². The minimum atomic E-state index is 0.948. The van der Waals surface area contributed by atoms with Crippen molar-refractivity contribution >= 4 is 0 Å². The molecule has 0 bridgehead atoms. The van der Waals surface area contributed by atoms with Gasteiger partial charge < -0.3 is 0 Å². The van der Waals surface area contributed by atoms with Crippen molar-refractivity contribution in [2.24, 2.45) is 23.7 Å². The van der Waals surface area contributed by atoms with E-state index in [1.807, 2.05) is 0 Å². The molecular formula is C13H26. The molecule has 0 aliphatic heterocycles. The molecule has 0 heteroatoms. The molecule has 0 aromatic heterocycles. The van der Waals surface area contributed by atoms with Gasteiger partial charge in [-0.05, 0) is 42.9 Å². The molecule has 0 heterocycles. The first-order chi connectivity index (χ1) is 6.17. The maximum absolute atomic E-state index is 2.43. The Balaban J connectivity index is 2.39. The third-order valence-corrected chi connectivity index (χ3v) is 4.00. The molecule has 0 spiro atoms. The van der Waals surface area contributed by atoms with Crippen LogP contribution in [0.15, 0.2) is 0 Å². The summed E-state index contributed by atoms with van der Waals surface area (Å²) in [6.45, 7) is 9.53. The lowest BCUT2D eigenvalue weighted by Crippen LogP contribution is -2.10. The molecule has 0 nitrogen and oxygen atoms in total. The van der Waals surface area contributed by atoms with Gasteiger partial charge in [0.15, 0.2) is 0 Å². The van der Waals surface area contributed by atoms with Gasteiger partial charge in [-0.3, -0.25) is 0 Å². The normalized spacial score (nSPS) is 36.5. The zero-order valence-corrected chi connectivity index (χ0v) is 9.84. The number of rotatable bonds is 4. The molecule has 1 aliphatic rings. The van der Waals surface area contributed by atoms with Crippen molar-refractivity contribution < 1.29 is 0 Å². The smallest absolute Gasteiger partial charge is 0.0381 e. The molecule has 0 aromatic carbocycles. The maximum atomic E-state index is 2.43. The molecule has 0 amide bonds. The van der Waals surface area contributed by atoms with E-state index in [2.05, 4.69) is 27.7 Å². The van der Waals surface area contributed by atoms with Gasteiger partial charge in [0.1, 0.15) is 0 Å². The zero-order valence-electron chi connectivity index (χ0n) is 9.84. The van der Waals surface area contributed by atoms with Crippen LogP contribution in [0, 0.1) is 23.7 Å². The van der Waals surface area contributed by atoms with E-state index >= 15 is 0 Å². The molecule has 13 heavy (non-hydrogen) atoms. The minimum Gasteiger partial charge on any atom is -0.0651 e. The van der Waals surface area contributed by atoms with Gasteiger partial charge in [-0.2, -0.15) is 0 Å². The Labute approximate surface area is 84.1 Å². The molecule has 78 valence electrons. The van der Waals surface area contributed by atoms with Crippen LogP contribution in [0.4, 0.5) is 0 Å². The molecule has 0 saturated heterocycles. The van der Waals surface area contributed by atoms with Crippen molar-refractivity contribution in [2.75, 3.05) is 0 Å². The van der Waals surface area contributed by atoms with Gasteiger partial charge in [-0.1, -0.05) is 40.5 Å². The first-order valence-corrected chi connectivity index (χ1v) is 6.17. The molecule has 4 atom stereocenters. The van der Waals surface area contributed by atoms with Crippen molar-refractivity contribution in [1.82, 2.24) is 0 Å². The highest BCUT2D eigenvalue weighted by Crippen LogP contribution is 2.41. The van der Waals surface area contributed by atoms with E-state index in [0.29, 0.717) is 0 Å². The summed E-state index contributed by atoms with van der Waals surface area (Å²) in [6.07, 6.45) is 7.26. The summed E-state index contributed by atoms with van der Waals surface area (Å²) >= 11 is 0. The molecule has 1 aliphatic carbocycles. The Hall–Kier alpha value is 0. The SMILES string of the molecule is CCC(C)CC1C[C@H](C)CC1CC. The third-order valence-electron chi connectivity index (χ3n) is 4.00. The average Bonchev–Trinajstić information content (AvgIpc) is 2.46. The lowest BCUT2D eigenvalue weighted by molar-refractivity contribution is 0.302. The first-order valence-electron chi connectivity index (χ1n) is 6.17. The highest BCUT2D eigenvalue weighted by molar-refractivity contribution is 4.81. The minimum absolute atomic E-state index is 0.948. The average molecular weight is 182 g/mol. The van der Waals surface area contributed by atoms with Crippen LogP contribution in [0.5, 0.6) is 0 Å². The second kappa shape index (κ2) is 5.02. The van der Waals surface area contributed by atoms with Crippen LogP contribution in [-0.4, -0.2) is 0 Å². The second-order valence-electron chi connectivity index (χ2n) is 5.25. The van der Waals surface area contributed by atoms with E-state index in [1.165, 1.54) is 32.1 Å². The summed E-state index contributed by atoms with van der Waals surface area (Å²) in [4.78, 5) is 0. The lowest BCUT2D eigenvalue weighted by Gasteiger charge is -2.20. The molecule has 0 aromatic rings. The van der Waals surface area contributed by atoms with Crippen molar-refractivity contribution in [3.8, 4) is 0 Å². The van der Waals surface area contributed by atoms with Crippen molar-refractivity contribution in [1.29, 1.82) is 0 Å². The fourth-order valence-electron chi connectivity index (χ4n) is 2.99. The van der Waals surface area contributed by atoms with E-state index in [1.54, 1.807) is 0 Å². The van der Waals surface area contributed by atoms with Gasteiger partial charge in [0.05, 0.1) is 0 Å². The van der Waals surface area contributed by atoms with Crippen molar-refractivity contribution in [3.63, 3.8) is 0 Å². The molecule has 1 saturated carbocycles. The Kier molecular flexibility index (Phi) is 4.28. The van der Waals surface area contributed by atoms with Gasteiger partial charge >= 0.3 is 0 Å². The summed E-state index contributed by atoms with van der Waals surface area (Å²) < 4.78 is 0. The van der Waals surface area contributed by atoms with Crippen LogP contribution in [0.1, 0.15) is 59.8 Å². The molecular weight excluding hydrogens is 156 g/mol. The second-order valence-corrected chi connectivity index (χ2v) is 5.25. The van der Waals surface area contributed by atoms with Gasteiger partial charge in [0.25, 0.3) is 0 Å². The predicted octanol–water partition coefficient (Wildman–Crippen LogP) is 4.49. The fourth-order valence-corrected chi connectivity index (χ4v) is 2.99.